The minimum Gasteiger partial charge on any atom is -0.478 e. The van der Waals surface area contributed by atoms with E-state index in [1.54, 1.807) is 0 Å². The summed E-state index contributed by atoms with van der Waals surface area (Å²) in [6.07, 6.45) is 0.953. The van der Waals surface area contributed by atoms with Crippen LogP contribution < -0.4 is 11.1 Å². The van der Waals surface area contributed by atoms with Crippen molar-refractivity contribution in [2.45, 2.75) is 12.2 Å². The molecule has 1 atom stereocenters. The second-order valence-electron chi connectivity index (χ2n) is 4.07. The summed E-state index contributed by atoms with van der Waals surface area (Å²) in [5.74, 6) is -1.87. The molecule has 1 aromatic carbocycles. The molecule has 1 aromatic rings. The van der Waals surface area contributed by atoms with Crippen molar-refractivity contribution in [2.24, 2.45) is 0 Å². The zero-order chi connectivity index (χ0) is 14.8. The molecule has 0 aliphatic carbocycles. The molecule has 0 saturated carbocycles. The van der Waals surface area contributed by atoms with Crippen molar-refractivity contribution in [3.05, 3.63) is 23.8 Å². The highest BCUT2D eigenvalue weighted by Gasteiger charge is 2.24. The van der Waals surface area contributed by atoms with E-state index in [-0.39, 0.29) is 16.9 Å². The molecule has 7 nitrogen and oxygen atoms in total. The van der Waals surface area contributed by atoms with Gasteiger partial charge < -0.3 is 16.2 Å². The standard InChI is InChI=1S/C11H14N2O5S/c1-6(19(2,17)18)10(14)13-9-4-3-7(11(15)16)5-8(9)12/h3-6H,12H2,1-2H3,(H,13,14)(H,15,16). The number of hydrogen-bond acceptors (Lipinski definition) is 5. The fourth-order valence-electron chi connectivity index (χ4n) is 1.24. The number of amides is 1. The predicted octanol–water partition coefficient (Wildman–Crippen LogP) is 0.339. The van der Waals surface area contributed by atoms with Crippen LogP contribution in [0.3, 0.4) is 0 Å². The van der Waals surface area contributed by atoms with Crippen LogP contribution in [-0.4, -0.2) is 36.9 Å². The molecule has 0 heterocycles. The predicted molar refractivity (Wildman–Crippen MR) is 70.7 cm³/mol. The van der Waals surface area contributed by atoms with Crippen LogP contribution >= 0.6 is 0 Å². The molecular weight excluding hydrogens is 272 g/mol. The Hall–Kier alpha value is -2.09. The van der Waals surface area contributed by atoms with Crippen molar-refractivity contribution in [1.82, 2.24) is 0 Å². The molecule has 19 heavy (non-hydrogen) atoms. The van der Waals surface area contributed by atoms with E-state index in [9.17, 15) is 18.0 Å². The molecular formula is C11H14N2O5S. The Morgan fingerprint density at radius 3 is 2.37 bits per heavy atom. The van der Waals surface area contributed by atoms with Crippen LogP contribution in [0.1, 0.15) is 17.3 Å². The summed E-state index contributed by atoms with van der Waals surface area (Å²) in [5, 5.41) is 9.88. The van der Waals surface area contributed by atoms with Gasteiger partial charge in [0.25, 0.3) is 0 Å². The van der Waals surface area contributed by atoms with Crippen molar-refractivity contribution >= 4 is 33.1 Å². The highest BCUT2D eigenvalue weighted by atomic mass is 32.2. The van der Waals surface area contributed by atoms with Crippen molar-refractivity contribution in [3.8, 4) is 0 Å². The third-order valence-corrected chi connectivity index (χ3v) is 4.07. The Bertz CT molecular complexity index is 624. The molecule has 0 aromatic heterocycles. The number of anilines is 2. The number of carbonyl (C=O) groups is 2. The number of carbonyl (C=O) groups excluding carboxylic acids is 1. The van der Waals surface area contributed by atoms with Gasteiger partial charge in [-0.05, 0) is 25.1 Å². The summed E-state index contributed by atoms with van der Waals surface area (Å²) < 4.78 is 22.4. The molecule has 0 bridgehead atoms. The lowest BCUT2D eigenvalue weighted by atomic mass is 10.1. The average Bonchev–Trinajstić information content (AvgIpc) is 2.29. The van der Waals surface area contributed by atoms with E-state index in [4.69, 9.17) is 10.8 Å². The highest BCUT2D eigenvalue weighted by Crippen LogP contribution is 2.20. The molecule has 0 radical (unpaired) electrons. The second kappa shape index (κ2) is 5.27. The number of aromatic carboxylic acids is 1. The third-order valence-electron chi connectivity index (χ3n) is 2.57. The summed E-state index contributed by atoms with van der Waals surface area (Å²) in [6, 6.07) is 3.76. The number of carboxylic acid groups (broad SMARTS) is 1. The van der Waals surface area contributed by atoms with Gasteiger partial charge in [0, 0.05) is 6.26 Å². The molecule has 0 fully saturated rings. The molecule has 4 N–H and O–H groups in total. The average molecular weight is 286 g/mol. The SMILES string of the molecule is CC(C(=O)Nc1ccc(C(=O)O)cc1N)S(C)(=O)=O. The van der Waals surface area contributed by atoms with E-state index in [0.29, 0.717) is 0 Å². The topological polar surface area (TPSA) is 127 Å². The molecule has 1 rings (SSSR count). The maximum absolute atomic E-state index is 11.7. The van der Waals surface area contributed by atoms with Gasteiger partial charge in [-0.15, -0.1) is 0 Å². The first-order chi connectivity index (χ1) is 8.62. The van der Waals surface area contributed by atoms with Crippen LogP contribution in [0.2, 0.25) is 0 Å². The van der Waals surface area contributed by atoms with Crippen LogP contribution in [0.15, 0.2) is 18.2 Å². The highest BCUT2D eigenvalue weighted by molar-refractivity contribution is 7.92. The van der Waals surface area contributed by atoms with Gasteiger partial charge in [-0.2, -0.15) is 0 Å². The Kier molecular flexibility index (Phi) is 4.15. The zero-order valence-corrected chi connectivity index (χ0v) is 11.2. The van der Waals surface area contributed by atoms with Gasteiger partial charge in [-0.1, -0.05) is 0 Å². The number of carboxylic acids is 1. The summed E-state index contributed by atoms with van der Waals surface area (Å²) >= 11 is 0. The van der Waals surface area contributed by atoms with Crippen LogP contribution in [0.4, 0.5) is 11.4 Å². The van der Waals surface area contributed by atoms with Gasteiger partial charge in [0.1, 0.15) is 5.25 Å². The van der Waals surface area contributed by atoms with Crippen molar-refractivity contribution in [3.63, 3.8) is 0 Å². The lowest BCUT2D eigenvalue weighted by Gasteiger charge is -2.12. The van der Waals surface area contributed by atoms with Gasteiger partial charge >= 0.3 is 5.97 Å². The maximum Gasteiger partial charge on any atom is 0.335 e. The second-order valence-corrected chi connectivity index (χ2v) is 6.43. The van der Waals surface area contributed by atoms with Gasteiger partial charge in [-0.25, -0.2) is 13.2 Å². The third kappa shape index (κ3) is 3.68. The summed E-state index contributed by atoms with van der Waals surface area (Å²) in [4.78, 5) is 22.4. The lowest BCUT2D eigenvalue weighted by molar-refractivity contribution is -0.115. The summed E-state index contributed by atoms with van der Waals surface area (Å²) in [5.41, 5.74) is 5.79. The zero-order valence-electron chi connectivity index (χ0n) is 10.4. The van der Waals surface area contributed by atoms with E-state index >= 15 is 0 Å². The molecule has 1 unspecified atom stereocenters. The normalized spacial score (nSPS) is 12.7. The Labute approximate surface area is 110 Å². The number of hydrogen-bond donors (Lipinski definition) is 3. The monoisotopic (exact) mass is 286 g/mol. The van der Waals surface area contributed by atoms with E-state index in [0.717, 1.165) is 6.26 Å². The van der Waals surface area contributed by atoms with Crippen LogP contribution in [0.5, 0.6) is 0 Å². The van der Waals surface area contributed by atoms with Crippen LogP contribution in [-0.2, 0) is 14.6 Å². The van der Waals surface area contributed by atoms with Crippen LogP contribution in [0, 0.1) is 0 Å². The fraction of sp³-hybridized carbons (Fsp3) is 0.273. The molecule has 0 spiro atoms. The summed E-state index contributed by atoms with van der Waals surface area (Å²) in [6.45, 7) is 1.26. The Morgan fingerprint density at radius 2 is 1.95 bits per heavy atom. The lowest BCUT2D eigenvalue weighted by Crippen LogP contribution is -2.32. The molecule has 0 saturated heterocycles. The molecule has 0 aliphatic heterocycles. The van der Waals surface area contributed by atoms with Crippen molar-refractivity contribution < 1.29 is 23.1 Å². The number of nitrogen functional groups attached to an aromatic ring is 1. The first kappa shape index (κ1) is 15.0. The minimum absolute atomic E-state index is 0.0216. The smallest absolute Gasteiger partial charge is 0.335 e. The number of sulfone groups is 1. The molecule has 1 amide bonds. The molecule has 0 aliphatic rings. The van der Waals surface area contributed by atoms with Crippen LogP contribution in [0.25, 0.3) is 0 Å². The largest absolute Gasteiger partial charge is 0.478 e. The molecule has 8 heteroatoms. The van der Waals surface area contributed by atoms with E-state index in [2.05, 4.69) is 5.32 Å². The number of nitrogens with two attached hydrogens (primary N) is 1. The first-order valence-electron chi connectivity index (χ1n) is 5.25. The Balaban J connectivity index is 2.95. The van der Waals surface area contributed by atoms with Gasteiger partial charge in [0.05, 0.1) is 16.9 Å². The molecule has 104 valence electrons. The fourth-order valence-corrected chi connectivity index (χ4v) is 1.69. The van der Waals surface area contributed by atoms with E-state index in [1.807, 2.05) is 0 Å². The van der Waals surface area contributed by atoms with Gasteiger partial charge in [0.15, 0.2) is 9.84 Å². The summed E-state index contributed by atoms with van der Waals surface area (Å²) in [7, 11) is -3.50. The quantitative estimate of drug-likeness (QED) is 0.685. The first-order valence-corrected chi connectivity index (χ1v) is 7.21. The van der Waals surface area contributed by atoms with E-state index < -0.39 is 27.0 Å². The number of nitrogens with one attached hydrogen (secondary N) is 1. The van der Waals surface area contributed by atoms with Crippen molar-refractivity contribution in [1.29, 1.82) is 0 Å². The minimum atomic E-state index is -3.50. The van der Waals surface area contributed by atoms with E-state index in [1.165, 1.54) is 25.1 Å². The maximum atomic E-state index is 11.7. The number of rotatable bonds is 4. The Morgan fingerprint density at radius 1 is 1.37 bits per heavy atom. The van der Waals surface area contributed by atoms with Gasteiger partial charge in [0.2, 0.25) is 5.91 Å². The van der Waals surface area contributed by atoms with Gasteiger partial charge in [-0.3, -0.25) is 4.79 Å². The van der Waals surface area contributed by atoms with Crippen molar-refractivity contribution in [2.75, 3.05) is 17.3 Å². The number of benzene rings is 1.